The van der Waals surface area contributed by atoms with Crippen molar-refractivity contribution in [3.05, 3.63) is 12.7 Å². The molecule has 1 saturated heterocycles. The summed E-state index contributed by atoms with van der Waals surface area (Å²) in [5.74, 6) is 0.902. The molecule has 0 aliphatic carbocycles. The topological polar surface area (TPSA) is 39.7 Å². The second kappa shape index (κ2) is 13.4. The molecule has 0 spiro atoms. The predicted octanol–water partition coefficient (Wildman–Crippen LogP) is 3.00. The molecule has 5 heteroatoms. The Morgan fingerprint density at radius 1 is 1.33 bits per heavy atom. The first-order valence-corrected chi connectivity index (χ1v) is 8.15. The monoisotopic (exact) mass is 408 g/mol. The Morgan fingerprint density at radius 2 is 2.14 bits per heavy atom. The maximum Gasteiger partial charge on any atom is 0.191 e. The van der Waals surface area contributed by atoms with Crippen molar-refractivity contribution in [1.82, 2.24) is 15.5 Å². The standard InChI is InChI=1S/C16H32N4.HI/c1-4-11-18-16(17-5-2)19-12-7-9-14-20-13-8-6-10-15(20)3;/h4,15H,1,5-14H2,2-3H3,(H2,17,18,19);1H. The van der Waals surface area contributed by atoms with Crippen LogP contribution in [-0.2, 0) is 0 Å². The Labute approximate surface area is 147 Å². The smallest absolute Gasteiger partial charge is 0.191 e. The second-order valence-corrected chi connectivity index (χ2v) is 5.52. The number of aliphatic imine (C=N–C) groups is 1. The van der Waals surface area contributed by atoms with Crippen molar-refractivity contribution in [1.29, 1.82) is 0 Å². The molecular weight excluding hydrogens is 375 g/mol. The highest BCUT2D eigenvalue weighted by atomic mass is 127. The van der Waals surface area contributed by atoms with Crippen LogP contribution in [0.5, 0.6) is 0 Å². The van der Waals surface area contributed by atoms with E-state index in [-0.39, 0.29) is 24.0 Å². The lowest BCUT2D eigenvalue weighted by Gasteiger charge is -2.33. The van der Waals surface area contributed by atoms with Crippen LogP contribution in [0.2, 0.25) is 0 Å². The third kappa shape index (κ3) is 9.34. The van der Waals surface area contributed by atoms with E-state index in [1.165, 1.54) is 38.8 Å². The number of guanidine groups is 1. The van der Waals surface area contributed by atoms with E-state index in [0.717, 1.165) is 38.1 Å². The molecule has 0 saturated carbocycles. The van der Waals surface area contributed by atoms with Crippen LogP contribution in [0.25, 0.3) is 0 Å². The first-order chi connectivity index (χ1) is 9.77. The molecule has 1 aliphatic rings. The van der Waals surface area contributed by atoms with Gasteiger partial charge < -0.3 is 15.5 Å². The van der Waals surface area contributed by atoms with Gasteiger partial charge in [-0.05, 0) is 52.6 Å². The minimum absolute atomic E-state index is 0. The number of halogens is 1. The Bertz CT molecular complexity index is 294. The highest BCUT2D eigenvalue weighted by Crippen LogP contribution is 2.16. The summed E-state index contributed by atoms with van der Waals surface area (Å²) in [6, 6.07) is 0.777. The molecule has 1 rings (SSSR count). The first-order valence-electron chi connectivity index (χ1n) is 8.15. The summed E-state index contributed by atoms with van der Waals surface area (Å²) < 4.78 is 0. The summed E-state index contributed by atoms with van der Waals surface area (Å²) in [7, 11) is 0. The van der Waals surface area contributed by atoms with E-state index in [4.69, 9.17) is 0 Å². The SMILES string of the molecule is C=CCNC(=NCCCCN1CCCCC1C)NCC.I. The molecule has 124 valence electrons. The molecule has 0 aromatic heterocycles. The van der Waals surface area contributed by atoms with Crippen LogP contribution in [-0.4, -0.2) is 49.6 Å². The highest BCUT2D eigenvalue weighted by Gasteiger charge is 2.16. The van der Waals surface area contributed by atoms with Crippen LogP contribution in [0.4, 0.5) is 0 Å². The average molecular weight is 408 g/mol. The van der Waals surface area contributed by atoms with Crippen molar-refractivity contribution in [2.75, 3.05) is 32.7 Å². The summed E-state index contributed by atoms with van der Waals surface area (Å²) in [5, 5.41) is 6.47. The van der Waals surface area contributed by atoms with Gasteiger partial charge in [-0.3, -0.25) is 4.99 Å². The molecule has 0 radical (unpaired) electrons. The van der Waals surface area contributed by atoms with Gasteiger partial charge >= 0.3 is 0 Å². The number of rotatable bonds is 8. The predicted molar refractivity (Wildman–Crippen MR) is 104 cm³/mol. The van der Waals surface area contributed by atoms with Gasteiger partial charge in [-0.15, -0.1) is 30.6 Å². The van der Waals surface area contributed by atoms with Gasteiger partial charge in [-0.1, -0.05) is 12.5 Å². The molecule has 0 bridgehead atoms. The molecule has 0 amide bonds. The van der Waals surface area contributed by atoms with Crippen molar-refractivity contribution in [2.24, 2.45) is 4.99 Å². The van der Waals surface area contributed by atoms with Gasteiger partial charge in [0, 0.05) is 25.7 Å². The minimum Gasteiger partial charge on any atom is -0.357 e. The number of piperidine rings is 1. The molecule has 1 fully saturated rings. The van der Waals surface area contributed by atoms with E-state index in [2.05, 4.69) is 41.0 Å². The summed E-state index contributed by atoms with van der Waals surface area (Å²) in [5.41, 5.74) is 0. The molecule has 4 nitrogen and oxygen atoms in total. The number of hydrogen-bond donors (Lipinski definition) is 2. The van der Waals surface area contributed by atoms with Crippen molar-refractivity contribution < 1.29 is 0 Å². The van der Waals surface area contributed by atoms with E-state index in [9.17, 15) is 0 Å². The van der Waals surface area contributed by atoms with Crippen molar-refractivity contribution in [3.63, 3.8) is 0 Å². The van der Waals surface area contributed by atoms with Gasteiger partial charge in [-0.25, -0.2) is 0 Å². The lowest BCUT2D eigenvalue weighted by atomic mass is 10.0. The lowest BCUT2D eigenvalue weighted by molar-refractivity contribution is 0.158. The Kier molecular flexibility index (Phi) is 13.2. The van der Waals surface area contributed by atoms with Gasteiger partial charge in [-0.2, -0.15) is 0 Å². The highest BCUT2D eigenvalue weighted by molar-refractivity contribution is 14.0. The fourth-order valence-electron chi connectivity index (χ4n) is 2.62. The molecule has 1 unspecified atom stereocenters. The Morgan fingerprint density at radius 3 is 2.81 bits per heavy atom. The molecule has 1 atom stereocenters. The van der Waals surface area contributed by atoms with E-state index < -0.39 is 0 Å². The van der Waals surface area contributed by atoms with Crippen LogP contribution in [0, 0.1) is 0 Å². The van der Waals surface area contributed by atoms with Crippen LogP contribution >= 0.6 is 24.0 Å². The number of nitrogens with zero attached hydrogens (tertiary/aromatic N) is 2. The Balaban J connectivity index is 0.00000400. The summed E-state index contributed by atoms with van der Waals surface area (Å²) in [6.45, 7) is 13.2. The zero-order valence-corrected chi connectivity index (χ0v) is 16.1. The Hall–Kier alpha value is -0.300. The van der Waals surface area contributed by atoms with E-state index in [0.29, 0.717) is 0 Å². The van der Waals surface area contributed by atoms with Crippen molar-refractivity contribution >= 4 is 29.9 Å². The zero-order valence-electron chi connectivity index (χ0n) is 13.7. The van der Waals surface area contributed by atoms with Crippen LogP contribution in [0.1, 0.15) is 46.0 Å². The molecule has 1 heterocycles. The van der Waals surface area contributed by atoms with Crippen LogP contribution in [0.15, 0.2) is 17.6 Å². The summed E-state index contributed by atoms with van der Waals surface area (Å²) >= 11 is 0. The third-order valence-electron chi connectivity index (χ3n) is 3.82. The van der Waals surface area contributed by atoms with Crippen LogP contribution in [0.3, 0.4) is 0 Å². The van der Waals surface area contributed by atoms with Gasteiger partial charge in [0.15, 0.2) is 5.96 Å². The number of hydrogen-bond acceptors (Lipinski definition) is 2. The van der Waals surface area contributed by atoms with Crippen molar-refractivity contribution in [3.8, 4) is 0 Å². The summed E-state index contributed by atoms with van der Waals surface area (Å²) in [4.78, 5) is 7.21. The van der Waals surface area contributed by atoms with Gasteiger partial charge in [0.25, 0.3) is 0 Å². The molecular formula is C16H33IN4. The molecule has 0 aromatic carbocycles. The van der Waals surface area contributed by atoms with Gasteiger partial charge in [0.05, 0.1) is 0 Å². The molecule has 2 N–H and O–H groups in total. The molecule has 0 aromatic rings. The fourth-order valence-corrected chi connectivity index (χ4v) is 2.62. The van der Waals surface area contributed by atoms with E-state index >= 15 is 0 Å². The first kappa shape index (κ1) is 20.7. The van der Waals surface area contributed by atoms with E-state index in [1.54, 1.807) is 0 Å². The van der Waals surface area contributed by atoms with E-state index in [1.807, 2.05) is 6.08 Å². The van der Waals surface area contributed by atoms with Crippen molar-refractivity contribution in [2.45, 2.75) is 52.0 Å². The maximum absolute atomic E-state index is 4.58. The zero-order chi connectivity index (χ0) is 14.6. The largest absolute Gasteiger partial charge is 0.357 e. The molecule has 1 aliphatic heterocycles. The number of unbranched alkanes of at least 4 members (excludes halogenated alkanes) is 1. The van der Waals surface area contributed by atoms with Crippen LogP contribution < -0.4 is 10.6 Å². The number of likely N-dealkylation sites (tertiary alicyclic amines) is 1. The quantitative estimate of drug-likeness (QED) is 0.213. The fraction of sp³-hybridized carbons (Fsp3) is 0.812. The molecule has 21 heavy (non-hydrogen) atoms. The summed E-state index contributed by atoms with van der Waals surface area (Å²) in [6.07, 6.45) is 8.41. The second-order valence-electron chi connectivity index (χ2n) is 5.52. The normalized spacial score (nSPS) is 19.7. The minimum atomic E-state index is 0. The maximum atomic E-state index is 4.58. The average Bonchev–Trinajstić information content (AvgIpc) is 2.46. The third-order valence-corrected chi connectivity index (χ3v) is 3.82. The lowest BCUT2D eigenvalue weighted by Crippen LogP contribution is -2.38. The van der Waals surface area contributed by atoms with Gasteiger partial charge in [0.1, 0.15) is 0 Å². The number of nitrogens with one attached hydrogen (secondary N) is 2. The van der Waals surface area contributed by atoms with Gasteiger partial charge in [0.2, 0.25) is 0 Å².